The van der Waals surface area contributed by atoms with Crippen molar-refractivity contribution in [2.24, 2.45) is 0 Å². The number of nitrogens with one attached hydrogen (secondary N) is 1. The summed E-state index contributed by atoms with van der Waals surface area (Å²) < 4.78 is 31.6. The van der Waals surface area contributed by atoms with Crippen LogP contribution < -0.4 is 11.1 Å². The lowest BCUT2D eigenvalue weighted by molar-refractivity contribution is 0.102. The molecule has 0 aliphatic rings. The molecular weight excluding hydrogens is 344 g/mol. The summed E-state index contributed by atoms with van der Waals surface area (Å²) in [6.07, 6.45) is 0. The normalized spacial score (nSPS) is 11.4. The number of aromatic hydroxyl groups is 1. The topological polar surface area (TPSA) is 130 Å². The molecule has 1 amide bonds. The zero-order valence-electron chi connectivity index (χ0n) is 12.8. The summed E-state index contributed by atoms with van der Waals surface area (Å²) in [5.74, 6) is -0.571. The van der Waals surface area contributed by atoms with Crippen molar-refractivity contribution < 1.29 is 22.9 Å². The molecule has 0 fully saturated rings. The number of phenolic OH excluding ortho intramolecular Hbond substituents is 1. The highest BCUT2D eigenvalue weighted by Crippen LogP contribution is 2.31. The first-order valence-electron chi connectivity index (χ1n) is 7.15. The van der Waals surface area contributed by atoms with Crippen molar-refractivity contribution in [2.75, 3.05) is 11.1 Å². The second-order valence-electron chi connectivity index (χ2n) is 5.43. The molecular formula is C17H14N2O5S. The molecule has 5 N–H and O–H groups in total. The van der Waals surface area contributed by atoms with Crippen LogP contribution in [-0.2, 0) is 10.1 Å². The summed E-state index contributed by atoms with van der Waals surface area (Å²) in [6.45, 7) is 0. The Hall–Kier alpha value is -3.10. The molecule has 0 aromatic heterocycles. The third kappa shape index (κ3) is 3.54. The van der Waals surface area contributed by atoms with Gasteiger partial charge in [-0.15, -0.1) is 0 Å². The van der Waals surface area contributed by atoms with Crippen LogP contribution >= 0.6 is 0 Å². The van der Waals surface area contributed by atoms with Crippen molar-refractivity contribution in [3.63, 3.8) is 0 Å². The van der Waals surface area contributed by atoms with Gasteiger partial charge in [-0.1, -0.05) is 6.07 Å². The van der Waals surface area contributed by atoms with E-state index in [0.29, 0.717) is 27.7 Å². The van der Waals surface area contributed by atoms with E-state index in [1.807, 2.05) is 0 Å². The van der Waals surface area contributed by atoms with Gasteiger partial charge in [-0.2, -0.15) is 8.42 Å². The zero-order chi connectivity index (χ0) is 18.2. The average molecular weight is 358 g/mol. The van der Waals surface area contributed by atoms with E-state index >= 15 is 0 Å². The molecule has 8 heteroatoms. The van der Waals surface area contributed by atoms with E-state index in [4.69, 9.17) is 10.3 Å². The fourth-order valence-corrected chi connectivity index (χ4v) is 2.94. The highest BCUT2D eigenvalue weighted by atomic mass is 32.2. The Labute approximate surface area is 143 Å². The molecule has 0 bridgehead atoms. The number of hydrogen-bond donors (Lipinski definition) is 4. The molecule has 0 atom stereocenters. The Kier molecular flexibility index (Phi) is 4.07. The van der Waals surface area contributed by atoms with Crippen LogP contribution in [0.4, 0.5) is 11.4 Å². The lowest BCUT2D eigenvalue weighted by atomic mass is 10.1. The number of hydrogen-bond acceptors (Lipinski definition) is 5. The number of anilines is 2. The Morgan fingerprint density at radius 3 is 2.32 bits per heavy atom. The van der Waals surface area contributed by atoms with Crippen LogP contribution in [0.5, 0.6) is 5.75 Å². The van der Waals surface area contributed by atoms with Crippen LogP contribution in [0.1, 0.15) is 10.4 Å². The van der Waals surface area contributed by atoms with Crippen molar-refractivity contribution in [1.82, 2.24) is 0 Å². The van der Waals surface area contributed by atoms with E-state index in [9.17, 15) is 18.3 Å². The molecule has 25 heavy (non-hydrogen) atoms. The largest absolute Gasteiger partial charge is 0.508 e. The van der Waals surface area contributed by atoms with Crippen LogP contribution in [0.25, 0.3) is 10.8 Å². The van der Waals surface area contributed by atoms with Gasteiger partial charge in [0.1, 0.15) is 5.75 Å². The predicted octanol–water partition coefficient (Wildman–Crippen LogP) is 2.63. The molecule has 0 radical (unpaired) electrons. The molecule has 128 valence electrons. The van der Waals surface area contributed by atoms with Crippen molar-refractivity contribution in [2.45, 2.75) is 4.90 Å². The monoisotopic (exact) mass is 358 g/mol. The molecule has 0 heterocycles. The van der Waals surface area contributed by atoms with Crippen molar-refractivity contribution >= 4 is 38.2 Å². The van der Waals surface area contributed by atoms with Crippen LogP contribution in [0.15, 0.2) is 59.5 Å². The van der Waals surface area contributed by atoms with E-state index in [0.717, 1.165) is 0 Å². The highest BCUT2D eigenvalue weighted by molar-refractivity contribution is 7.85. The molecule has 0 saturated carbocycles. The summed E-state index contributed by atoms with van der Waals surface area (Å²) in [7, 11) is -4.37. The number of nitrogens with two attached hydrogens (primary N) is 1. The number of carbonyl (C=O) groups excluding carboxylic acids is 1. The first kappa shape index (κ1) is 16.7. The fraction of sp³-hybridized carbons (Fsp3) is 0. The second kappa shape index (κ2) is 6.08. The second-order valence-corrected chi connectivity index (χ2v) is 6.85. The number of rotatable bonds is 3. The van der Waals surface area contributed by atoms with Gasteiger partial charge in [0.25, 0.3) is 16.0 Å². The van der Waals surface area contributed by atoms with Gasteiger partial charge in [-0.05, 0) is 47.9 Å². The number of amides is 1. The number of phenols is 1. The van der Waals surface area contributed by atoms with Crippen LogP contribution in [0.2, 0.25) is 0 Å². The maximum absolute atomic E-state index is 12.3. The summed E-state index contributed by atoms with van der Waals surface area (Å²) in [6, 6.07) is 12.9. The number of carbonyl (C=O) groups is 1. The van der Waals surface area contributed by atoms with Gasteiger partial charge in [0.2, 0.25) is 0 Å². The number of nitrogen functional groups attached to an aromatic ring is 1. The number of fused-ring (bicyclic) bond motifs is 1. The van der Waals surface area contributed by atoms with Crippen molar-refractivity contribution in [3.8, 4) is 5.75 Å². The van der Waals surface area contributed by atoms with Gasteiger partial charge >= 0.3 is 0 Å². The number of benzene rings is 3. The molecule has 0 spiro atoms. The van der Waals surface area contributed by atoms with E-state index in [1.54, 1.807) is 24.3 Å². The van der Waals surface area contributed by atoms with E-state index in [1.165, 1.54) is 30.3 Å². The smallest absolute Gasteiger partial charge is 0.294 e. The fourth-order valence-electron chi connectivity index (χ4n) is 2.42. The van der Waals surface area contributed by atoms with Gasteiger partial charge in [0, 0.05) is 22.7 Å². The third-order valence-electron chi connectivity index (χ3n) is 3.63. The summed E-state index contributed by atoms with van der Waals surface area (Å²) in [4.78, 5) is 12.0. The zero-order valence-corrected chi connectivity index (χ0v) is 13.6. The Morgan fingerprint density at radius 2 is 1.68 bits per heavy atom. The molecule has 3 rings (SSSR count). The molecule has 0 aliphatic heterocycles. The molecule has 7 nitrogen and oxygen atoms in total. The molecule has 0 aliphatic carbocycles. The van der Waals surface area contributed by atoms with Crippen molar-refractivity contribution in [3.05, 3.63) is 60.2 Å². The molecule has 0 unspecified atom stereocenters. The maximum Gasteiger partial charge on any atom is 0.294 e. The lowest BCUT2D eigenvalue weighted by Crippen LogP contribution is -2.12. The summed E-state index contributed by atoms with van der Waals surface area (Å²) in [5.41, 5.74) is 6.79. The van der Waals surface area contributed by atoms with E-state index < -0.39 is 16.0 Å². The minimum atomic E-state index is -4.37. The quantitative estimate of drug-likeness (QED) is 0.421. The van der Waals surface area contributed by atoms with Gasteiger partial charge in [0.05, 0.1) is 10.6 Å². The van der Waals surface area contributed by atoms with Crippen molar-refractivity contribution in [1.29, 1.82) is 0 Å². The molecule has 3 aromatic rings. The first-order chi connectivity index (χ1) is 11.7. The minimum absolute atomic E-state index is 0.160. The van der Waals surface area contributed by atoms with E-state index in [2.05, 4.69) is 5.32 Å². The van der Waals surface area contributed by atoms with Gasteiger partial charge < -0.3 is 16.2 Å². The van der Waals surface area contributed by atoms with E-state index in [-0.39, 0.29) is 10.6 Å². The molecule has 0 saturated heterocycles. The van der Waals surface area contributed by atoms with Gasteiger partial charge in [-0.3, -0.25) is 9.35 Å². The Balaban J connectivity index is 2.04. The predicted molar refractivity (Wildman–Crippen MR) is 94.2 cm³/mol. The lowest BCUT2D eigenvalue weighted by Gasteiger charge is -2.11. The van der Waals surface area contributed by atoms with Crippen LogP contribution in [-0.4, -0.2) is 24.0 Å². The van der Waals surface area contributed by atoms with Gasteiger partial charge in [0.15, 0.2) is 0 Å². The average Bonchev–Trinajstić information content (AvgIpc) is 2.53. The SMILES string of the molecule is Nc1ccc(C(=O)Nc2cc(O)cc3cc(S(=O)(=O)O)ccc23)cc1. The highest BCUT2D eigenvalue weighted by Gasteiger charge is 2.14. The standard InChI is InChI=1S/C17H14N2O5S/c18-12-3-1-10(2-4-12)17(21)19-16-9-13(20)7-11-8-14(25(22,23)24)5-6-15(11)16/h1-9,20H,18H2,(H,19,21)(H,22,23,24). The Morgan fingerprint density at radius 1 is 1.00 bits per heavy atom. The summed E-state index contributed by atoms with van der Waals surface area (Å²) in [5, 5.41) is 13.4. The molecule has 3 aromatic carbocycles. The van der Waals surface area contributed by atoms with Crippen LogP contribution in [0, 0.1) is 0 Å². The third-order valence-corrected chi connectivity index (χ3v) is 4.48. The summed E-state index contributed by atoms with van der Waals surface area (Å²) >= 11 is 0. The first-order valence-corrected chi connectivity index (χ1v) is 8.59. The minimum Gasteiger partial charge on any atom is -0.508 e. The van der Waals surface area contributed by atoms with Gasteiger partial charge in [-0.25, -0.2) is 0 Å². The van der Waals surface area contributed by atoms with Crippen LogP contribution in [0.3, 0.4) is 0 Å². The maximum atomic E-state index is 12.3. The Bertz CT molecular complexity index is 1080.